The van der Waals surface area contributed by atoms with Crippen LogP contribution in [0.4, 0.5) is 10.1 Å². The molecule has 182 valence electrons. The van der Waals surface area contributed by atoms with E-state index in [1.807, 2.05) is 11.8 Å². The third-order valence-electron chi connectivity index (χ3n) is 6.67. The molecule has 0 spiro atoms. The van der Waals surface area contributed by atoms with Crippen molar-refractivity contribution in [2.24, 2.45) is 0 Å². The zero-order valence-electron chi connectivity index (χ0n) is 19.9. The summed E-state index contributed by atoms with van der Waals surface area (Å²) in [6, 6.07) is 6.13. The summed E-state index contributed by atoms with van der Waals surface area (Å²) in [7, 11) is 1.31. The zero-order valence-corrected chi connectivity index (χ0v) is 19.9. The Labute approximate surface area is 198 Å². The first-order chi connectivity index (χ1) is 16.4. The summed E-state index contributed by atoms with van der Waals surface area (Å²) in [6.45, 7) is 8.02. The number of piperazine rings is 1. The molecule has 0 aliphatic carbocycles. The average Bonchev–Trinajstić information content (AvgIpc) is 3.51. The van der Waals surface area contributed by atoms with Gasteiger partial charge in [-0.05, 0) is 44.5 Å². The lowest BCUT2D eigenvalue weighted by Crippen LogP contribution is -2.53. The van der Waals surface area contributed by atoms with Crippen LogP contribution in [0.1, 0.15) is 36.8 Å². The Morgan fingerprint density at radius 2 is 1.88 bits per heavy atom. The van der Waals surface area contributed by atoms with Crippen molar-refractivity contribution in [2.75, 3.05) is 51.3 Å². The summed E-state index contributed by atoms with van der Waals surface area (Å²) in [4.78, 5) is 31.6. The van der Waals surface area contributed by atoms with Crippen LogP contribution in [0.15, 0.2) is 42.1 Å². The molecule has 0 N–H and O–H groups in total. The van der Waals surface area contributed by atoms with Gasteiger partial charge in [0.1, 0.15) is 5.82 Å². The minimum absolute atomic E-state index is 0.0648. The Balaban J connectivity index is 1.44. The largest absolute Gasteiger partial charge is 0.464 e. The second-order valence-corrected chi connectivity index (χ2v) is 8.83. The second-order valence-electron chi connectivity index (χ2n) is 8.83. The van der Waals surface area contributed by atoms with Crippen molar-refractivity contribution < 1.29 is 18.7 Å². The predicted octanol–water partition coefficient (Wildman–Crippen LogP) is 2.13. The first-order valence-electron chi connectivity index (χ1n) is 11.5. The Bertz CT molecular complexity index is 1050. The van der Waals surface area contributed by atoms with E-state index in [0.29, 0.717) is 45.7 Å². The van der Waals surface area contributed by atoms with Gasteiger partial charge in [0.2, 0.25) is 5.91 Å². The Morgan fingerprint density at radius 3 is 2.53 bits per heavy atom. The van der Waals surface area contributed by atoms with Crippen LogP contribution in [0, 0.1) is 5.82 Å². The number of carbonyl (C=O) groups excluding carboxylic acids is 2. The van der Waals surface area contributed by atoms with Gasteiger partial charge >= 0.3 is 5.97 Å². The van der Waals surface area contributed by atoms with Crippen LogP contribution in [0.5, 0.6) is 0 Å². The highest BCUT2D eigenvalue weighted by molar-refractivity contribution is 5.86. The van der Waals surface area contributed by atoms with E-state index in [2.05, 4.69) is 33.1 Å². The zero-order chi connectivity index (χ0) is 24.2. The van der Waals surface area contributed by atoms with E-state index in [0.717, 1.165) is 5.69 Å². The number of aromatic nitrogens is 3. The monoisotopic (exact) mass is 470 g/mol. The number of rotatable bonds is 6. The van der Waals surface area contributed by atoms with E-state index in [9.17, 15) is 14.0 Å². The van der Waals surface area contributed by atoms with Crippen molar-refractivity contribution in [2.45, 2.75) is 32.4 Å². The third-order valence-corrected chi connectivity index (χ3v) is 6.67. The minimum atomic E-state index is -0.530. The van der Waals surface area contributed by atoms with Crippen molar-refractivity contribution in [1.29, 1.82) is 0 Å². The van der Waals surface area contributed by atoms with Gasteiger partial charge in [-0.1, -0.05) is 16.9 Å². The fraction of sp³-hybridized carbons (Fsp3) is 0.500. The van der Waals surface area contributed by atoms with Crippen LogP contribution in [0.2, 0.25) is 0 Å². The van der Waals surface area contributed by atoms with E-state index >= 15 is 0 Å². The topological polar surface area (TPSA) is 83.8 Å². The number of carbonyl (C=O) groups is 2. The predicted molar refractivity (Wildman–Crippen MR) is 125 cm³/mol. The molecule has 1 amide bonds. The van der Waals surface area contributed by atoms with Crippen molar-refractivity contribution in [3.05, 3.63) is 53.6 Å². The maximum Gasteiger partial charge on any atom is 0.360 e. The Hall–Kier alpha value is -3.27. The molecule has 0 bridgehead atoms. The van der Waals surface area contributed by atoms with Crippen molar-refractivity contribution in [3.63, 3.8) is 0 Å². The van der Waals surface area contributed by atoms with Gasteiger partial charge in [0.15, 0.2) is 5.69 Å². The molecule has 34 heavy (non-hydrogen) atoms. The summed E-state index contributed by atoms with van der Waals surface area (Å²) < 4.78 is 19.6. The third kappa shape index (κ3) is 5.11. The molecular formula is C24H31FN6O3. The first kappa shape index (κ1) is 23.9. The number of likely N-dealkylation sites (tertiary alicyclic amines) is 1. The number of nitrogens with zero attached hydrogens (tertiary/aromatic N) is 6. The molecule has 4 rings (SSSR count). The molecule has 1 aromatic carbocycles. The molecule has 2 aliphatic rings. The Morgan fingerprint density at radius 1 is 1.18 bits per heavy atom. The molecule has 2 aliphatic heterocycles. The number of benzene rings is 1. The molecule has 0 radical (unpaired) electrons. The van der Waals surface area contributed by atoms with Gasteiger partial charge in [-0.3, -0.25) is 9.69 Å². The van der Waals surface area contributed by atoms with E-state index in [1.165, 1.54) is 24.8 Å². The summed E-state index contributed by atoms with van der Waals surface area (Å²) in [5, 5.41) is 8.04. The number of amides is 1. The number of esters is 1. The van der Waals surface area contributed by atoms with Crippen molar-refractivity contribution in [1.82, 2.24) is 24.8 Å². The van der Waals surface area contributed by atoms with Crippen LogP contribution in [0.25, 0.3) is 0 Å². The molecule has 1 aromatic heterocycles. The lowest BCUT2D eigenvalue weighted by atomic mass is 10.1. The highest BCUT2D eigenvalue weighted by Gasteiger charge is 2.40. The number of halogens is 1. The molecule has 0 saturated carbocycles. The van der Waals surface area contributed by atoms with Gasteiger partial charge < -0.3 is 14.5 Å². The van der Waals surface area contributed by atoms with Crippen LogP contribution in [-0.2, 0) is 9.53 Å². The van der Waals surface area contributed by atoms with Gasteiger partial charge in [-0.2, -0.15) is 0 Å². The van der Waals surface area contributed by atoms with Crippen LogP contribution in [-0.4, -0.2) is 89.1 Å². The minimum Gasteiger partial charge on any atom is -0.464 e. The number of anilines is 1. The summed E-state index contributed by atoms with van der Waals surface area (Å²) >= 11 is 0. The molecule has 2 saturated heterocycles. The highest BCUT2D eigenvalue weighted by atomic mass is 19.1. The van der Waals surface area contributed by atoms with Crippen LogP contribution >= 0.6 is 0 Å². The summed E-state index contributed by atoms with van der Waals surface area (Å²) in [6.07, 6.45) is 4.24. The molecule has 2 fully saturated rings. The first-order valence-corrected chi connectivity index (χ1v) is 11.5. The van der Waals surface area contributed by atoms with Gasteiger partial charge in [0, 0.05) is 45.0 Å². The van der Waals surface area contributed by atoms with E-state index in [4.69, 9.17) is 4.74 Å². The summed E-state index contributed by atoms with van der Waals surface area (Å²) in [5.74, 6) is -0.674. The normalized spacial score (nSPS) is 21.7. The smallest absolute Gasteiger partial charge is 0.360 e. The average molecular weight is 471 g/mol. The number of ether oxygens (including phenoxy) is 1. The maximum atomic E-state index is 13.6. The maximum absolute atomic E-state index is 13.6. The molecule has 10 heteroatoms. The standard InChI is InChI=1S/C24H31FN6O3/c1-4-17(2)14-30-15-20(31-16-21(26-27-31)24(33)34-3)13-22(30)23(32)29-11-9-28(10-12-29)19-7-5-18(25)6-8-19/h4-8,16,20,22H,9-15H2,1-3H3/t20-,22-/m0/s1. The fourth-order valence-electron chi connectivity index (χ4n) is 4.62. The molecule has 9 nitrogen and oxygen atoms in total. The van der Waals surface area contributed by atoms with Gasteiger partial charge in [-0.15, -0.1) is 5.10 Å². The van der Waals surface area contributed by atoms with Crippen molar-refractivity contribution >= 4 is 17.6 Å². The SMILES string of the molecule is CC=C(C)CN1C[C@@H](n2cc(C(=O)OC)nn2)C[C@H]1C(=O)N1CCN(c2ccc(F)cc2)CC1. The quantitative estimate of drug-likeness (QED) is 0.472. The number of methoxy groups -OCH3 is 1. The molecule has 2 aromatic rings. The van der Waals surface area contributed by atoms with Gasteiger partial charge in [-0.25, -0.2) is 13.9 Å². The summed E-state index contributed by atoms with van der Waals surface area (Å²) in [5.41, 5.74) is 2.31. The van der Waals surface area contributed by atoms with Crippen LogP contribution < -0.4 is 4.90 Å². The van der Waals surface area contributed by atoms with Gasteiger partial charge in [0.25, 0.3) is 0 Å². The lowest BCUT2D eigenvalue weighted by Gasteiger charge is -2.38. The fourth-order valence-corrected chi connectivity index (χ4v) is 4.62. The number of hydrogen-bond donors (Lipinski definition) is 0. The Kier molecular flexibility index (Phi) is 7.26. The van der Waals surface area contributed by atoms with Gasteiger partial charge in [0.05, 0.1) is 25.4 Å². The molecular weight excluding hydrogens is 439 g/mol. The number of hydrogen-bond acceptors (Lipinski definition) is 7. The molecule has 3 heterocycles. The molecule has 2 atom stereocenters. The molecule has 0 unspecified atom stereocenters. The second kappa shape index (κ2) is 10.3. The number of allylic oxidation sites excluding steroid dienone is 1. The van der Waals surface area contributed by atoms with Crippen molar-refractivity contribution in [3.8, 4) is 0 Å². The van der Waals surface area contributed by atoms with Crippen LogP contribution in [0.3, 0.4) is 0 Å². The highest BCUT2D eigenvalue weighted by Crippen LogP contribution is 2.29. The lowest BCUT2D eigenvalue weighted by molar-refractivity contribution is -0.136. The van der Waals surface area contributed by atoms with E-state index in [-0.39, 0.29) is 29.5 Å². The van der Waals surface area contributed by atoms with E-state index < -0.39 is 5.97 Å². The van der Waals surface area contributed by atoms with E-state index in [1.54, 1.807) is 23.0 Å².